The molecule has 4 rings (SSSR count). The van der Waals surface area contributed by atoms with Gasteiger partial charge in [0.1, 0.15) is 5.52 Å². The molecule has 0 radical (unpaired) electrons. The molecule has 0 fully saturated rings. The number of nitrogens with zero attached hydrogens (tertiary/aromatic N) is 3. The third-order valence-electron chi connectivity index (χ3n) is 4.60. The van der Waals surface area contributed by atoms with Crippen LogP contribution in [-0.2, 0) is 16.1 Å². The predicted molar refractivity (Wildman–Crippen MR) is 104 cm³/mol. The molecule has 7 heteroatoms. The predicted octanol–water partition coefficient (Wildman–Crippen LogP) is 3.81. The maximum absolute atomic E-state index is 12.4. The van der Waals surface area contributed by atoms with E-state index in [4.69, 9.17) is 9.47 Å². The average Bonchev–Trinajstić information content (AvgIpc) is 3.01. The van der Waals surface area contributed by atoms with Crippen LogP contribution in [0.1, 0.15) is 23.0 Å². The first-order chi connectivity index (χ1) is 13.7. The smallest absolute Gasteiger partial charge is 0.357 e. The molecule has 28 heavy (non-hydrogen) atoms. The second kappa shape index (κ2) is 7.28. The van der Waals surface area contributed by atoms with E-state index in [-0.39, 0.29) is 18.9 Å². The number of rotatable bonds is 5. The fourth-order valence-electron chi connectivity index (χ4n) is 3.41. The molecule has 0 saturated carbocycles. The summed E-state index contributed by atoms with van der Waals surface area (Å²) in [4.78, 5) is 21.0. The van der Waals surface area contributed by atoms with Gasteiger partial charge in [-0.1, -0.05) is 12.1 Å². The Morgan fingerprint density at radius 3 is 2.75 bits per heavy atom. The van der Waals surface area contributed by atoms with E-state index in [1.54, 1.807) is 20.2 Å². The minimum atomic E-state index is -0.517. The van der Waals surface area contributed by atoms with Crippen molar-refractivity contribution in [2.75, 3.05) is 13.7 Å². The fraction of sp³-hybridized carbons (Fsp3) is 0.190. The number of benzene rings is 1. The number of fused-ring (bicyclic) bond motifs is 3. The summed E-state index contributed by atoms with van der Waals surface area (Å²) in [6, 6.07) is 11.4. The lowest BCUT2D eigenvalue weighted by molar-refractivity contribution is 0.0514. The molecule has 3 heterocycles. The SMILES string of the molecule is CCOC(=O)c1ncc2c(c1COC)c1cc(-c3ccccn3)ccc1n2O. The van der Waals surface area contributed by atoms with Crippen molar-refractivity contribution in [1.29, 1.82) is 0 Å². The van der Waals surface area contributed by atoms with Gasteiger partial charge < -0.3 is 14.7 Å². The van der Waals surface area contributed by atoms with Crippen LogP contribution in [0.5, 0.6) is 0 Å². The normalized spacial score (nSPS) is 11.2. The molecule has 3 aromatic heterocycles. The van der Waals surface area contributed by atoms with E-state index in [0.29, 0.717) is 22.0 Å². The third-order valence-corrected chi connectivity index (χ3v) is 4.60. The first kappa shape index (κ1) is 17.9. The second-order valence-electron chi connectivity index (χ2n) is 6.26. The van der Waals surface area contributed by atoms with Gasteiger partial charge >= 0.3 is 5.97 Å². The Bertz CT molecular complexity index is 1170. The summed E-state index contributed by atoms with van der Waals surface area (Å²) in [5.41, 5.74) is 3.58. The Labute approximate surface area is 161 Å². The molecule has 0 aliphatic rings. The molecular weight excluding hydrogens is 358 g/mol. The van der Waals surface area contributed by atoms with E-state index in [1.807, 2.05) is 36.4 Å². The van der Waals surface area contributed by atoms with Gasteiger partial charge in [-0.3, -0.25) is 4.98 Å². The van der Waals surface area contributed by atoms with E-state index < -0.39 is 5.97 Å². The Hall–Kier alpha value is -3.45. The lowest BCUT2D eigenvalue weighted by atomic mass is 10.0. The van der Waals surface area contributed by atoms with Crippen LogP contribution in [0.15, 0.2) is 48.8 Å². The highest BCUT2D eigenvalue weighted by molar-refractivity contribution is 6.12. The molecule has 1 aromatic carbocycles. The molecule has 0 bridgehead atoms. The molecule has 0 aliphatic heterocycles. The van der Waals surface area contributed by atoms with E-state index in [0.717, 1.165) is 21.4 Å². The van der Waals surface area contributed by atoms with Crippen LogP contribution in [0.25, 0.3) is 33.1 Å². The van der Waals surface area contributed by atoms with Gasteiger partial charge in [0, 0.05) is 35.2 Å². The number of pyridine rings is 2. The molecule has 4 aromatic rings. The van der Waals surface area contributed by atoms with Gasteiger partial charge in [0.2, 0.25) is 0 Å². The summed E-state index contributed by atoms with van der Waals surface area (Å²) < 4.78 is 11.5. The summed E-state index contributed by atoms with van der Waals surface area (Å²) in [7, 11) is 1.55. The van der Waals surface area contributed by atoms with Crippen molar-refractivity contribution >= 4 is 27.8 Å². The first-order valence-corrected chi connectivity index (χ1v) is 8.88. The zero-order valence-corrected chi connectivity index (χ0v) is 15.5. The highest BCUT2D eigenvalue weighted by Gasteiger charge is 2.22. The topological polar surface area (TPSA) is 86.5 Å². The van der Waals surface area contributed by atoms with Crippen LogP contribution in [-0.4, -0.2) is 39.6 Å². The maximum Gasteiger partial charge on any atom is 0.357 e. The fourth-order valence-corrected chi connectivity index (χ4v) is 3.41. The van der Waals surface area contributed by atoms with Gasteiger partial charge in [-0.15, -0.1) is 0 Å². The van der Waals surface area contributed by atoms with Gasteiger partial charge in [-0.25, -0.2) is 9.78 Å². The van der Waals surface area contributed by atoms with Crippen LogP contribution in [0.2, 0.25) is 0 Å². The quantitative estimate of drug-likeness (QED) is 0.420. The summed E-state index contributed by atoms with van der Waals surface area (Å²) >= 11 is 0. The van der Waals surface area contributed by atoms with Crippen molar-refractivity contribution in [1.82, 2.24) is 14.7 Å². The van der Waals surface area contributed by atoms with Gasteiger partial charge in [-0.05, 0) is 31.2 Å². The Morgan fingerprint density at radius 1 is 1.18 bits per heavy atom. The molecule has 0 spiro atoms. The standard InChI is InChI=1S/C21H19N3O4/c1-3-28-21(25)20-15(12-27-2)19-14-10-13(16-6-4-5-9-22-16)7-8-17(14)24(26)18(19)11-23-20/h4-11,26H,3,12H2,1-2H3. The van der Waals surface area contributed by atoms with Gasteiger partial charge in [-0.2, -0.15) is 4.73 Å². The van der Waals surface area contributed by atoms with Gasteiger partial charge in [0.25, 0.3) is 0 Å². The zero-order valence-electron chi connectivity index (χ0n) is 15.5. The largest absolute Gasteiger partial charge is 0.461 e. The molecule has 142 valence electrons. The molecule has 1 N–H and O–H groups in total. The number of methoxy groups -OCH3 is 1. The first-order valence-electron chi connectivity index (χ1n) is 8.88. The summed E-state index contributed by atoms with van der Waals surface area (Å²) in [6.07, 6.45) is 3.20. The maximum atomic E-state index is 12.4. The number of esters is 1. The summed E-state index contributed by atoms with van der Waals surface area (Å²) in [5.74, 6) is -0.517. The highest BCUT2D eigenvalue weighted by atomic mass is 16.5. The molecule has 0 atom stereocenters. The molecule has 0 aliphatic carbocycles. The zero-order chi connectivity index (χ0) is 19.7. The average molecular weight is 377 g/mol. The summed E-state index contributed by atoms with van der Waals surface area (Å²) in [6.45, 7) is 2.15. The minimum absolute atomic E-state index is 0.158. The Balaban J connectivity index is 2.04. The number of carbonyl (C=O) groups is 1. The van der Waals surface area contributed by atoms with Crippen LogP contribution in [0.4, 0.5) is 0 Å². The number of aromatic nitrogens is 3. The van der Waals surface area contributed by atoms with Crippen LogP contribution >= 0.6 is 0 Å². The number of hydrogen-bond acceptors (Lipinski definition) is 6. The van der Waals surface area contributed by atoms with E-state index in [2.05, 4.69) is 9.97 Å². The Kier molecular flexibility index (Phi) is 4.67. The van der Waals surface area contributed by atoms with E-state index in [1.165, 1.54) is 6.20 Å². The van der Waals surface area contributed by atoms with Crippen molar-refractivity contribution in [3.05, 3.63) is 60.0 Å². The van der Waals surface area contributed by atoms with Crippen molar-refractivity contribution in [2.45, 2.75) is 13.5 Å². The van der Waals surface area contributed by atoms with Crippen LogP contribution < -0.4 is 0 Å². The van der Waals surface area contributed by atoms with Crippen molar-refractivity contribution in [3.8, 4) is 11.3 Å². The van der Waals surface area contributed by atoms with Crippen molar-refractivity contribution in [3.63, 3.8) is 0 Å². The van der Waals surface area contributed by atoms with Crippen LogP contribution in [0, 0.1) is 0 Å². The molecule has 0 saturated heterocycles. The molecular formula is C21H19N3O4. The number of carbonyl (C=O) groups excluding carboxylic acids is 1. The lowest BCUT2D eigenvalue weighted by Gasteiger charge is -2.09. The third kappa shape index (κ3) is 2.86. The van der Waals surface area contributed by atoms with Gasteiger partial charge in [0.05, 0.1) is 30.6 Å². The molecule has 0 unspecified atom stereocenters. The highest BCUT2D eigenvalue weighted by Crippen LogP contribution is 2.34. The van der Waals surface area contributed by atoms with E-state index >= 15 is 0 Å². The number of hydrogen-bond donors (Lipinski definition) is 1. The molecule has 7 nitrogen and oxygen atoms in total. The molecule has 0 amide bonds. The van der Waals surface area contributed by atoms with E-state index in [9.17, 15) is 10.0 Å². The Morgan fingerprint density at radius 2 is 2.04 bits per heavy atom. The van der Waals surface area contributed by atoms with Crippen molar-refractivity contribution in [2.24, 2.45) is 0 Å². The lowest BCUT2D eigenvalue weighted by Crippen LogP contribution is -2.11. The van der Waals surface area contributed by atoms with Crippen molar-refractivity contribution < 1.29 is 19.5 Å². The van der Waals surface area contributed by atoms with Crippen LogP contribution in [0.3, 0.4) is 0 Å². The minimum Gasteiger partial charge on any atom is -0.461 e. The number of ether oxygens (including phenoxy) is 2. The van der Waals surface area contributed by atoms with Gasteiger partial charge in [0.15, 0.2) is 5.69 Å². The monoisotopic (exact) mass is 377 g/mol. The summed E-state index contributed by atoms with van der Waals surface area (Å²) in [5, 5.41) is 12.1. The second-order valence-corrected chi connectivity index (χ2v) is 6.26.